The Bertz CT molecular complexity index is 790. The first-order valence-corrected chi connectivity index (χ1v) is 8.83. The second-order valence-corrected chi connectivity index (χ2v) is 6.34. The highest BCUT2D eigenvalue weighted by atomic mass is 16.4. The minimum Gasteiger partial charge on any atom is -0.481 e. The molecule has 0 aromatic heterocycles. The van der Waals surface area contributed by atoms with Crippen molar-refractivity contribution < 1.29 is 19.5 Å². The Morgan fingerprint density at radius 2 is 1.63 bits per heavy atom. The molecule has 2 aromatic rings. The van der Waals surface area contributed by atoms with Crippen LogP contribution in [0.2, 0.25) is 0 Å². The van der Waals surface area contributed by atoms with Crippen molar-refractivity contribution in [3.8, 4) is 0 Å². The Labute approximate surface area is 158 Å². The quantitative estimate of drug-likeness (QED) is 0.633. The number of carbonyl (C=O) groups is 3. The summed E-state index contributed by atoms with van der Waals surface area (Å²) >= 11 is 0. The number of hydrogen-bond acceptors (Lipinski definition) is 3. The van der Waals surface area contributed by atoms with Crippen LogP contribution in [0.25, 0.3) is 0 Å². The summed E-state index contributed by atoms with van der Waals surface area (Å²) in [6.07, 6.45) is 0.146. The molecule has 3 N–H and O–H groups in total. The molecule has 0 heterocycles. The van der Waals surface area contributed by atoms with E-state index in [1.807, 2.05) is 61.5 Å². The molecule has 0 radical (unpaired) electrons. The summed E-state index contributed by atoms with van der Waals surface area (Å²) < 4.78 is 0. The van der Waals surface area contributed by atoms with Crippen molar-refractivity contribution >= 4 is 17.8 Å². The Kier molecular flexibility index (Phi) is 7.55. The second-order valence-electron chi connectivity index (χ2n) is 6.34. The Morgan fingerprint density at radius 3 is 2.30 bits per heavy atom. The van der Waals surface area contributed by atoms with Gasteiger partial charge in [-0.05, 0) is 23.6 Å². The number of aryl methyl sites for hydroxylation is 1. The highest BCUT2D eigenvalue weighted by molar-refractivity contribution is 5.81. The molecule has 0 aliphatic rings. The molecule has 0 fully saturated rings. The highest BCUT2D eigenvalue weighted by Crippen LogP contribution is 2.20. The molecule has 2 rings (SSSR count). The lowest BCUT2D eigenvalue weighted by molar-refractivity contribution is -0.137. The second kappa shape index (κ2) is 10.1. The molecule has 2 aromatic carbocycles. The number of nitrogens with one attached hydrogen (secondary N) is 2. The van der Waals surface area contributed by atoms with E-state index in [1.54, 1.807) is 0 Å². The van der Waals surface area contributed by atoms with E-state index in [1.165, 1.54) is 0 Å². The van der Waals surface area contributed by atoms with Crippen LogP contribution in [-0.2, 0) is 20.8 Å². The van der Waals surface area contributed by atoms with E-state index in [-0.39, 0.29) is 37.6 Å². The molecule has 27 heavy (non-hydrogen) atoms. The topological polar surface area (TPSA) is 95.5 Å². The van der Waals surface area contributed by atoms with Crippen molar-refractivity contribution in [2.75, 3.05) is 6.54 Å². The normalized spacial score (nSPS) is 11.4. The zero-order valence-corrected chi connectivity index (χ0v) is 15.3. The number of hydrogen-bond donors (Lipinski definition) is 3. The number of benzene rings is 2. The number of amides is 2. The monoisotopic (exact) mass is 368 g/mol. The van der Waals surface area contributed by atoms with E-state index in [9.17, 15) is 14.4 Å². The van der Waals surface area contributed by atoms with Crippen LogP contribution >= 0.6 is 0 Å². The van der Waals surface area contributed by atoms with Crippen molar-refractivity contribution in [1.82, 2.24) is 10.6 Å². The molecule has 1 atom stereocenters. The maximum absolute atomic E-state index is 12.2. The number of carbonyl (C=O) groups excluding carboxylic acids is 2. The zero-order chi connectivity index (χ0) is 19.6. The van der Waals surface area contributed by atoms with E-state index in [0.29, 0.717) is 0 Å². The summed E-state index contributed by atoms with van der Waals surface area (Å²) in [5.41, 5.74) is 2.60. The lowest BCUT2D eigenvalue weighted by Gasteiger charge is -2.19. The summed E-state index contributed by atoms with van der Waals surface area (Å²) in [4.78, 5) is 35.3. The third kappa shape index (κ3) is 6.93. The lowest BCUT2D eigenvalue weighted by atomic mass is 9.98. The van der Waals surface area contributed by atoms with Crippen LogP contribution in [0.15, 0.2) is 54.6 Å². The maximum atomic E-state index is 12.2. The summed E-state index contributed by atoms with van der Waals surface area (Å²) in [5, 5.41) is 14.6. The van der Waals surface area contributed by atoms with Gasteiger partial charge in [0.1, 0.15) is 0 Å². The molecule has 0 aliphatic heterocycles. The maximum Gasteiger partial charge on any atom is 0.305 e. The van der Waals surface area contributed by atoms with Crippen molar-refractivity contribution in [3.63, 3.8) is 0 Å². The van der Waals surface area contributed by atoms with Crippen molar-refractivity contribution in [3.05, 3.63) is 71.3 Å². The van der Waals surface area contributed by atoms with Gasteiger partial charge >= 0.3 is 5.97 Å². The number of rotatable bonds is 9. The molecule has 0 aliphatic carbocycles. The fourth-order valence-corrected chi connectivity index (χ4v) is 2.82. The smallest absolute Gasteiger partial charge is 0.305 e. The van der Waals surface area contributed by atoms with Crippen LogP contribution < -0.4 is 10.6 Å². The Hall–Kier alpha value is -3.15. The first-order valence-electron chi connectivity index (χ1n) is 8.83. The molecule has 6 heteroatoms. The predicted molar refractivity (Wildman–Crippen MR) is 102 cm³/mol. The van der Waals surface area contributed by atoms with E-state index in [2.05, 4.69) is 10.6 Å². The fourth-order valence-electron chi connectivity index (χ4n) is 2.82. The standard InChI is InChI=1S/C21H24N2O4/c1-15-7-5-6-10-17(15)18(14-21(26)27)23-19(24)11-12-22-20(25)13-16-8-3-2-4-9-16/h2-10,18H,11-14H2,1H3,(H,22,25)(H,23,24)(H,26,27). The van der Waals surface area contributed by atoms with Gasteiger partial charge in [0.25, 0.3) is 0 Å². The van der Waals surface area contributed by atoms with Gasteiger partial charge in [0.05, 0.1) is 18.9 Å². The van der Waals surface area contributed by atoms with Gasteiger partial charge in [-0.25, -0.2) is 0 Å². The van der Waals surface area contributed by atoms with Crippen LogP contribution in [0.1, 0.15) is 35.6 Å². The first kappa shape index (κ1) is 20.2. The molecule has 142 valence electrons. The van der Waals surface area contributed by atoms with Gasteiger partial charge in [-0.2, -0.15) is 0 Å². The summed E-state index contributed by atoms with van der Waals surface area (Å²) in [5.74, 6) is -1.45. The van der Waals surface area contributed by atoms with E-state index >= 15 is 0 Å². The molecular weight excluding hydrogens is 344 g/mol. The number of aliphatic carboxylic acids is 1. The summed E-state index contributed by atoms with van der Waals surface area (Å²) in [7, 11) is 0. The van der Waals surface area contributed by atoms with Gasteiger partial charge in [0, 0.05) is 13.0 Å². The van der Waals surface area contributed by atoms with Crippen molar-refractivity contribution in [1.29, 1.82) is 0 Å². The molecule has 0 spiro atoms. The Balaban J connectivity index is 1.84. The molecule has 0 saturated heterocycles. The largest absolute Gasteiger partial charge is 0.481 e. The lowest BCUT2D eigenvalue weighted by Crippen LogP contribution is -2.34. The van der Waals surface area contributed by atoms with Gasteiger partial charge in [0.2, 0.25) is 11.8 Å². The molecule has 0 bridgehead atoms. The summed E-state index contributed by atoms with van der Waals surface area (Å²) in [6, 6.07) is 16.1. The average Bonchev–Trinajstić information content (AvgIpc) is 2.62. The van der Waals surface area contributed by atoms with Gasteiger partial charge in [-0.15, -0.1) is 0 Å². The minimum absolute atomic E-state index is 0.0858. The zero-order valence-electron chi connectivity index (χ0n) is 15.3. The molecular formula is C21H24N2O4. The van der Waals surface area contributed by atoms with Crippen LogP contribution in [0.4, 0.5) is 0 Å². The van der Waals surface area contributed by atoms with Crippen LogP contribution in [0.3, 0.4) is 0 Å². The summed E-state index contributed by atoms with van der Waals surface area (Å²) in [6.45, 7) is 2.07. The van der Waals surface area contributed by atoms with Crippen LogP contribution in [0, 0.1) is 6.92 Å². The van der Waals surface area contributed by atoms with E-state index in [0.717, 1.165) is 16.7 Å². The average molecular weight is 368 g/mol. The van der Waals surface area contributed by atoms with Crippen molar-refractivity contribution in [2.45, 2.75) is 32.2 Å². The van der Waals surface area contributed by atoms with E-state index in [4.69, 9.17) is 5.11 Å². The highest BCUT2D eigenvalue weighted by Gasteiger charge is 2.19. The van der Waals surface area contributed by atoms with E-state index < -0.39 is 12.0 Å². The SMILES string of the molecule is Cc1ccccc1C(CC(=O)O)NC(=O)CCNC(=O)Cc1ccccc1. The minimum atomic E-state index is -0.986. The third-order valence-electron chi connectivity index (χ3n) is 4.16. The van der Waals surface area contributed by atoms with Crippen molar-refractivity contribution in [2.24, 2.45) is 0 Å². The fraction of sp³-hybridized carbons (Fsp3) is 0.286. The number of carboxylic acid groups (broad SMARTS) is 1. The molecule has 1 unspecified atom stereocenters. The van der Waals surface area contributed by atoms with Crippen LogP contribution in [0.5, 0.6) is 0 Å². The predicted octanol–water partition coefficient (Wildman–Crippen LogP) is 2.38. The Morgan fingerprint density at radius 1 is 0.963 bits per heavy atom. The molecule has 6 nitrogen and oxygen atoms in total. The third-order valence-corrected chi connectivity index (χ3v) is 4.16. The molecule has 2 amide bonds. The van der Waals surface area contributed by atoms with Gasteiger partial charge in [-0.3, -0.25) is 14.4 Å². The van der Waals surface area contributed by atoms with Gasteiger partial charge in [0.15, 0.2) is 0 Å². The molecule has 0 saturated carbocycles. The van der Waals surface area contributed by atoms with Gasteiger partial charge < -0.3 is 15.7 Å². The van der Waals surface area contributed by atoms with Crippen LogP contribution in [-0.4, -0.2) is 29.4 Å². The van der Waals surface area contributed by atoms with Gasteiger partial charge in [-0.1, -0.05) is 54.6 Å². The first-order chi connectivity index (χ1) is 13.0. The number of carboxylic acids is 1.